The van der Waals surface area contributed by atoms with Gasteiger partial charge in [-0.3, -0.25) is 4.79 Å². The van der Waals surface area contributed by atoms with Crippen LogP contribution in [0.1, 0.15) is 39.0 Å². The van der Waals surface area contributed by atoms with E-state index in [-0.39, 0.29) is 11.2 Å². The summed E-state index contributed by atoms with van der Waals surface area (Å²) in [5.74, 6) is -1.32. The molecule has 5 nitrogen and oxygen atoms in total. The Hall–Kier alpha value is -0.620. The minimum absolute atomic E-state index is 0.0270. The third kappa shape index (κ3) is 2.54. The molecule has 0 spiro atoms. The van der Waals surface area contributed by atoms with Gasteiger partial charge in [-0.1, -0.05) is 26.2 Å². The smallest absolute Gasteiger partial charge is 0.306 e. The van der Waals surface area contributed by atoms with Crippen LogP contribution in [0.25, 0.3) is 0 Å². The summed E-state index contributed by atoms with van der Waals surface area (Å²) >= 11 is 0. The highest BCUT2D eigenvalue weighted by molar-refractivity contribution is 7.89. The number of carboxylic acid groups (broad SMARTS) is 1. The monoisotopic (exact) mass is 275 g/mol. The second-order valence-corrected chi connectivity index (χ2v) is 7.72. The first-order valence-corrected chi connectivity index (χ1v) is 8.15. The molecule has 2 aliphatic rings. The Morgan fingerprint density at radius 3 is 2.28 bits per heavy atom. The van der Waals surface area contributed by atoms with Gasteiger partial charge in [0.2, 0.25) is 10.0 Å². The maximum Gasteiger partial charge on any atom is 0.306 e. The molecule has 1 atom stereocenters. The molecule has 104 valence electrons. The van der Waals surface area contributed by atoms with Gasteiger partial charge in [-0.15, -0.1) is 0 Å². The largest absolute Gasteiger partial charge is 0.481 e. The average molecular weight is 275 g/mol. The van der Waals surface area contributed by atoms with Crippen LogP contribution in [0.3, 0.4) is 0 Å². The van der Waals surface area contributed by atoms with Crippen molar-refractivity contribution in [2.75, 3.05) is 13.1 Å². The molecule has 1 heterocycles. The molecule has 0 aromatic carbocycles. The van der Waals surface area contributed by atoms with Crippen LogP contribution >= 0.6 is 0 Å². The molecular formula is C12H21NO4S. The summed E-state index contributed by atoms with van der Waals surface area (Å²) in [6.07, 6.45) is 4.64. The fourth-order valence-electron chi connectivity index (χ4n) is 2.77. The SMILES string of the molecule is CC(C(=O)O)C1CN(S(=O)(=O)C2CCCCC2)C1. The average Bonchev–Trinajstić information content (AvgIpc) is 2.27. The predicted molar refractivity (Wildman–Crippen MR) is 67.7 cm³/mol. The van der Waals surface area contributed by atoms with Crippen LogP contribution in [-0.2, 0) is 14.8 Å². The number of aliphatic carboxylic acids is 1. The van der Waals surface area contributed by atoms with E-state index in [1.165, 1.54) is 4.31 Å². The van der Waals surface area contributed by atoms with Gasteiger partial charge in [0.15, 0.2) is 0 Å². The van der Waals surface area contributed by atoms with Crippen molar-refractivity contribution in [2.24, 2.45) is 11.8 Å². The summed E-state index contributed by atoms with van der Waals surface area (Å²) < 4.78 is 26.0. The number of hydrogen-bond acceptors (Lipinski definition) is 3. The molecule has 1 N–H and O–H groups in total. The topological polar surface area (TPSA) is 74.7 Å². The van der Waals surface area contributed by atoms with Crippen molar-refractivity contribution in [1.29, 1.82) is 0 Å². The number of hydrogen-bond donors (Lipinski definition) is 1. The molecular weight excluding hydrogens is 254 g/mol. The first kappa shape index (κ1) is 13.8. The Labute approximate surface area is 108 Å². The summed E-state index contributed by atoms with van der Waals surface area (Å²) in [6, 6.07) is 0. The fraction of sp³-hybridized carbons (Fsp3) is 0.917. The first-order valence-electron chi connectivity index (χ1n) is 6.64. The lowest BCUT2D eigenvalue weighted by Crippen LogP contribution is -2.55. The van der Waals surface area contributed by atoms with Gasteiger partial charge in [-0.2, -0.15) is 0 Å². The molecule has 18 heavy (non-hydrogen) atoms. The van der Waals surface area contributed by atoms with Gasteiger partial charge in [0.1, 0.15) is 0 Å². The van der Waals surface area contributed by atoms with Crippen molar-refractivity contribution in [3.05, 3.63) is 0 Å². The van der Waals surface area contributed by atoms with Crippen molar-refractivity contribution in [3.63, 3.8) is 0 Å². The van der Waals surface area contributed by atoms with Crippen molar-refractivity contribution >= 4 is 16.0 Å². The Balaban J connectivity index is 1.92. The van der Waals surface area contributed by atoms with Crippen LogP contribution in [0.15, 0.2) is 0 Å². The minimum Gasteiger partial charge on any atom is -0.481 e. The van der Waals surface area contributed by atoms with Crippen LogP contribution in [0.4, 0.5) is 0 Å². The molecule has 0 aromatic rings. The maximum atomic E-state index is 12.3. The van der Waals surface area contributed by atoms with Crippen molar-refractivity contribution in [2.45, 2.75) is 44.3 Å². The van der Waals surface area contributed by atoms with E-state index in [0.717, 1.165) is 32.1 Å². The van der Waals surface area contributed by atoms with E-state index < -0.39 is 21.9 Å². The molecule has 0 radical (unpaired) electrons. The highest BCUT2D eigenvalue weighted by Gasteiger charge is 2.43. The number of sulfonamides is 1. The first-order chi connectivity index (χ1) is 8.43. The van der Waals surface area contributed by atoms with Gasteiger partial charge in [0, 0.05) is 13.1 Å². The Morgan fingerprint density at radius 1 is 1.22 bits per heavy atom. The summed E-state index contributed by atoms with van der Waals surface area (Å²) in [4.78, 5) is 10.8. The van der Waals surface area contributed by atoms with Crippen LogP contribution in [0, 0.1) is 11.8 Å². The number of carboxylic acids is 1. The molecule has 0 aromatic heterocycles. The molecule has 2 rings (SSSR count). The van der Waals surface area contributed by atoms with Gasteiger partial charge < -0.3 is 5.11 Å². The number of nitrogens with zero attached hydrogens (tertiary/aromatic N) is 1. The van der Waals surface area contributed by atoms with Gasteiger partial charge in [0.05, 0.1) is 11.2 Å². The normalized spacial score (nSPS) is 25.6. The Morgan fingerprint density at radius 2 is 1.78 bits per heavy atom. The molecule has 1 aliphatic carbocycles. The van der Waals surface area contributed by atoms with Crippen LogP contribution in [-0.4, -0.2) is 42.1 Å². The molecule has 1 aliphatic heterocycles. The second-order valence-electron chi connectivity index (χ2n) is 5.51. The molecule has 0 amide bonds. The second kappa shape index (κ2) is 5.17. The van der Waals surface area contributed by atoms with Crippen molar-refractivity contribution in [1.82, 2.24) is 4.31 Å². The number of rotatable bonds is 4. The van der Waals surface area contributed by atoms with Gasteiger partial charge in [-0.25, -0.2) is 12.7 Å². The fourth-order valence-corrected chi connectivity index (χ4v) is 4.92. The van der Waals surface area contributed by atoms with Gasteiger partial charge in [-0.05, 0) is 18.8 Å². The lowest BCUT2D eigenvalue weighted by molar-refractivity contribution is -0.144. The Kier molecular flexibility index (Phi) is 3.96. The van der Waals surface area contributed by atoms with Crippen molar-refractivity contribution in [3.8, 4) is 0 Å². The molecule has 1 unspecified atom stereocenters. The molecule has 2 fully saturated rings. The van der Waals surface area contributed by atoms with E-state index in [9.17, 15) is 13.2 Å². The van der Waals surface area contributed by atoms with Crippen LogP contribution in [0.2, 0.25) is 0 Å². The van der Waals surface area contributed by atoms with E-state index >= 15 is 0 Å². The molecule has 1 saturated carbocycles. The minimum atomic E-state index is -3.18. The Bertz CT molecular complexity index is 408. The summed E-state index contributed by atoms with van der Waals surface area (Å²) in [5, 5.41) is 8.66. The molecule has 0 bridgehead atoms. The zero-order valence-electron chi connectivity index (χ0n) is 10.7. The molecule has 6 heteroatoms. The van der Waals surface area contributed by atoms with Gasteiger partial charge >= 0.3 is 5.97 Å². The molecule has 1 saturated heterocycles. The zero-order valence-corrected chi connectivity index (χ0v) is 11.5. The highest BCUT2D eigenvalue weighted by Crippen LogP contribution is 2.32. The lowest BCUT2D eigenvalue weighted by atomic mass is 9.89. The standard InChI is InChI=1S/C12H21NO4S/c1-9(12(14)15)10-7-13(8-10)18(16,17)11-5-3-2-4-6-11/h9-11H,2-8H2,1H3,(H,14,15). The van der Waals surface area contributed by atoms with E-state index in [2.05, 4.69) is 0 Å². The third-order valence-electron chi connectivity index (χ3n) is 4.31. The highest BCUT2D eigenvalue weighted by atomic mass is 32.2. The van der Waals surface area contributed by atoms with E-state index in [1.807, 2.05) is 0 Å². The summed E-state index contributed by atoms with van der Waals surface area (Å²) in [6.45, 7) is 2.41. The quantitative estimate of drug-likeness (QED) is 0.839. The van der Waals surface area contributed by atoms with Crippen molar-refractivity contribution < 1.29 is 18.3 Å². The third-order valence-corrected chi connectivity index (χ3v) is 6.64. The maximum absolute atomic E-state index is 12.3. The van der Waals surface area contributed by atoms with E-state index in [0.29, 0.717) is 13.1 Å². The van der Waals surface area contributed by atoms with Gasteiger partial charge in [0.25, 0.3) is 0 Å². The van der Waals surface area contributed by atoms with Crippen LogP contribution in [0.5, 0.6) is 0 Å². The summed E-state index contributed by atoms with van der Waals surface area (Å²) in [5.41, 5.74) is 0. The number of carbonyl (C=O) groups is 1. The van der Waals surface area contributed by atoms with Crippen LogP contribution < -0.4 is 0 Å². The summed E-state index contributed by atoms with van der Waals surface area (Å²) in [7, 11) is -3.18. The zero-order chi connectivity index (χ0) is 13.3. The van der Waals surface area contributed by atoms with E-state index in [1.54, 1.807) is 6.92 Å². The lowest BCUT2D eigenvalue weighted by Gasteiger charge is -2.42. The van der Waals surface area contributed by atoms with E-state index in [4.69, 9.17) is 5.11 Å². The predicted octanol–water partition coefficient (Wildman–Crippen LogP) is 1.30.